The molecule has 0 atom stereocenters. The van der Waals surface area contributed by atoms with Crippen molar-refractivity contribution in [2.75, 3.05) is 39.4 Å². The zero-order valence-corrected chi connectivity index (χ0v) is 15.8. The summed E-state index contributed by atoms with van der Waals surface area (Å²) in [5.74, 6) is 1.74. The molecule has 4 rings (SSSR count). The fourth-order valence-electron chi connectivity index (χ4n) is 3.78. The van der Waals surface area contributed by atoms with Gasteiger partial charge in [-0.25, -0.2) is 0 Å². The molecule has 0 aliphatic carbocycles. The average Bonchev–Trinajstić information content (AvgIpc) is 2.95. The number of fused-ring (bicyclic) bond motifs is 1. The molecule has 1 N–H and O–H groups in total. The maximum atomic E-state index is 9.51. The van der Waals surface area contributed by atoms with Crippen molar-refractivity contribution < 1.29 is 14.6 Å². The fraction of sp³-hybridized carbons (Fsp3) is 0.455. The molecule has 0 unspecified atom stereocenters. The van der Waals surface area contributed by atoms with E-state index in [1.165, 1.54) is 11.1 Å². The van der Waals surface area contributed by atoms with Gasteiger partial charge in [0.05, 0.1) is 19.8 Å². The lowest BCUT2D eigenvalue weighted by Gasteiger charge is -2.35. The van der Waals surface area contributed by atoms with Crippen LogP contribution in [0.15, 0.2) is 42.5 Å². The minimum Gasteiger partial charge on any atom is -0.490 e. The number of piperazine rings is 1. The summed E-state index contributed by atoms with van der Waals surface area (Å²) in [6.45, 7) is 7.62. The molecule has 0 saturated carbocycles. The van der Waals surface area contributed by atoms with Crippen LogP contribution in [-0.2, 0) is 19.7 Å². The molecule has 5 heteroatoms. The third kappa shape index (κ3) is 4.61. The second-order valence-electron chi connectivity index (χ2n) is 7.31. The van der Waals surface area contributed by atoms with Crippen molar-refractivity contribution in [1.82, 2.24) is 9.80 Å². The Balaban J connectivity index is 1.31. The Bertz CT molecular complexity index is 757. The topological polar surface area (TPSA) is 45.2 Å². The van der Waals surface area contributed by atoms with Gasteiger partial charge in [-0.3, -0.25) is 9.80 Å². The van der Waals surface area contributed by atoms with Gasteiger partial charge in [-0.15, -0.1) is 0 Å². The standard InChI is InChI=1S/C22H28N2O3/c25-17-20-5-2-1-4-19(20)16-24-10-8-23(9-11-24)15-18-6-7-21-22(14-18)27-13-3-12-26-21/h1-2,4-7,14,25H,3,8-13,15-17H2. The summed E-state index contributed by atoms with van der Waals surface area (Å²) in [4.78, 5) is 4.96. The number of aliphatic hydroxyl groups excluding tert-OH is 1. The van der Waals surface area contributed by atoms with Crippen molar-refractivity contribution in [2.24, 2.45) is 0 Å². The first kappa shape index (κ1) is 18.3. The zero-order valence-electron chi connectivity index (χ0n) is 15.8. The summed E-state index contributed by atoms with van der Waals surface area (Å²) < 4.78 is 11.5. The van der Waals surface area contributed by atoms with Crippen LogP contribution in [0.1, 0.15) is 23.1 Å². The van der Waals surface area contributed by atoms with Crippen LogP contribution in [0.25, 0.3) is 0 Å². The van der Waals surface area contributed by atoms with E-state index < -0.39 is 0 Å². The molecule has 1 fully saturated rings. The Morgan fingerprint density at radius 3 is 2.19 bits per heavy atom. The highest BCUT2D eigenvalue weighted by atomic mass is 16.5. The van der Waals surface area contributed by atoms with Crippen molar-refractivity contribution in [1.29, 1.82) is 0 Å². The minimum atomic E-state index is 0.111. The van der Waals surface area contributed by atoms with Gasteiger partial charge in [0, 0.05) is 45.7 Å². The maximum absolute atomic E-state index is 9.51. The van der Waals surface area contributed by atoms with Crippen LogP contribution in [-0.4, -0.2) is 54.3 Å². The molecule has 1 saturated heterocycles. The quantitative estimate of drug-likeness (QED) is 0.879. The molecule has 2 aromatic carbocycles. The van der Waals surface area contributed by atoms with E-state index in [0.717, 1.165) is 76.0 Å². The van der Waals surface area contributed by atoms with Gasteiger partial charge in [-0.05, 0) is 28.8 Å². The number of ether oxygens (including phenoxy) is 2. The molecule has 2 aliphatic rings. The maximum Gasteiger partial charge on any atom is 0.161 e. The third-order valence-electron chi connectivity index (χ3n) is 5.37. The Morgan fingerprint density at radius 1 is 0.778 bits per heavy atom. The summed E-state index contributed by atoms with van der Waals surface area (Å²) in [5.41, 5.74) is 3.54. The van der Waals surface area contributed by atoms with E-state index in [1.807, 2.05) is 18.2 Å². The predicted octanol–water partition coefficient (Wildman–Crippen LogP) is 2.66. The molecule has 2 aromatic rings. The zero-order chi connectivity index (χ0) is 18.5. The Kier molecular flexibility index (Phi) is 5.92. The molecule has 0 bridgehead atoms. The first-order chi connectivity index (χ1) is 13.3. The number of nitrogens with zero attached hydrogens (tertiary/aromatic N) is 2. The predicted molar refractivity (Wildman–Crippen MR) is 105 cm³/mol. The van der Waals surface area contributed by atoms with Crippen molar-refractivity contribution in [2.45, 2.75) is 26.1 Å². The monoisotopic (exact) mass is 368 g/mol. The van der Waals surface area contributed by atoms with Gasteiger partial charge < -0.3 is 14.6 Å². The molecule has 0 aromatic heterocycles. The summed E-state index contributed by atoms with van der Waals surface area (Å²) in [6.07, 6.45) is 0.936. The van der Waals surface area contributed by atoms with Crippen LogP contribution in [0.2, 0.25) is 0 Å². The molecule has 0 amide bonds. The summed E-state index contributed by atoms with van der Waals surface area (Å²) in [7, 11) is 0. The van der Waals surface area contributed by atoms with Crippen LogP contribution in [0.4, 0.5) is 0 Å². The molecular weight excluding hydrogens is 340 g/mol. The lowest BCUT2D eigenvalue weighted by molar-refractivity contribution is 0.121. The molecule has 2 aliphatic heterocycles. The molecule has 0 spiro atoms. The van der Waals surface area contributed by atoms with Gasteiger partial charge in [0.1, 0.15) is 0 Å². The van der Waals surface area contributed by atoms with Gasteiger partial charge in [0.15, 0.2) is 11.5 Å². The average molecular weight is 368 g/mol. The Labute approximate surface area is 161 Å². The number of benzene rings is 2. The van der Waals surface area contributed by atoms with Crippen molar-refractivity contribution in [3.05, 3.63) is 59.2 Å². The first-order valence-corrected chi connectivity index (χ1v) is 9.83. The summed E-state index contributed by atoms with van der Waals surface area (Å²) >= 11 is 0. The van der Waals surface area contributed by atoms with E-state index in [-0.39, 0.29) is 6.61 Å². The number of hydrogen-bond acceptors (Lipinski definition) is 5. The highest BCUT2D eigenvalue weighted by Gasteiger charge is 2.19. The van der Waals surface area contributed by atoms with Crippen molar-refractivity contribution in [3.63, 3.8) is 0 Å². The normalized spacial score (nSPS) is 18.3. The number of rotatable bonds is 5. The molecule has 144 valence electrons. The van der Waals surface area contributed by atoms with E-state index in [1.54, 1.807) is 0 Å². The van der Waals surface area contributed by atoms with Crippen LogP contribution < -0.4 is 9.47 Å². The molecule has 0 radical (unpaired) electrons. The van der Waals surface area contributed by atoms with Crippen LogP contribution in [0, 0.1) is 0 Å². The first-order valence-electron chi connectivity index (χ1n) is 9.83. The Morgan fingerprint density at radius 2 is 1.44 bits per heavy atom. The van der Waals surface area contributed by atoms with Gasteiger partial charge in [0.25, 0.3) is 0 Å². The number of aliphatic hydroxyl groups is 1. The van der Waals surface area contributed by atoms with Crippen molar-refractivity contribution >= 4 is 0 Å². The third-order valence-corrected chi connectivity index (χ3v) is 5.37. The second-order valence-corrected chi connectivity index (χ2v) is 7.31. The molecule has 27 heavy (non-hydrogen) atoms. The molecule has 5 nitrogen and oxygen atoms in total. The molecule has 2 heterocycles. The Hall–Kier alpha value is -2.08. The smallest absolute Gasteiger partial charge is 0.161 e. The van der Waals surface area contributed by atoms with Crippen molar-refractivity contribution in [3.8, 4) is 11.5 Å². The van der Waals surface area contributed by atoms with E-state index in [9.17, 15) is 5.11 Å². The van der Waals surface area contributed by atoms with Crippen LogP contribution in [0.3, 0.4) is 0 Å². The van der Waals surface area contributed by atoms with Crippen LogP contribution >= 0.6 is 0 Å². The van der Waals surface area contributed by atoms with E-state index in [0.29, 0.717) is 0 Å². The molecular formula is C22H28N2O3. The second kappa shape index (κ2) is 8.74. The lowest BCUT2D eigenvalue weighted by atomic mass is 10.1. The number of hydrogen-bond donors (Lipinski definition) is 1. The summed E-state index contributed by atoms with van der Waals surface area (Å²) in [6, 6.07) is 14.5. The van der Waals surface area contributed by atoms with Gasteiger partial charge in [-0.2, -0.15) is 0 Å². The van der Waals surface area contributed by atoms with Gasteiger partial charge >= 0.3 is 0 Å². The summed E-state index contributed by atoms with van der Waals surface area (Å²) in [5, 5.41) is 9.51. The van der Waals surface area contributed by atoms with Crippen LogP contribution in [0.5, 0.6) is 11.5 Å². The highest BCUT2D eigenvalue weighted by molar-refractivity contribution is 5.43. The minimum absolute atomic E-state index is 0.111. The largest absolute Gasteiger partial charge is 0.490 e. The fourth-order valence-corrected chi connectivity index (χ4v) is 3.78. The van der Waals surface area contributed by atoms with Gasteiger partial charge in [0.2, 0.25) is 0 Å². The highest BCUT2D eigenvalue weighted by Crippen LogP contribution is 2.31. The van der Waals surface area contributed by atoms with E-state index in [4.69, 9.17) is 9.47 Å². The lowest BCUT2D eigenvalue weighted by Crippen LogP contribution is -2.45. The van der Waals surface area contributed by atoms with E-state index in [2.05, 4.69) is 34.1 Å². The SMILES string of the molecule is OCc1ccccc1CN1CCN(Cc2ccc3c(c2)OCCCO3)CC1. The van der Waals surface area contributed by atoms with E-state index >= 15 is 0 Å². The van der Waals surface area contributed by atoms with Gasteiger partial charge in [-0.1, -0.05) is 30.3 Å².